The first-order chi connectivity index (χ1) is 9.43. The molecule has 2 saturated heterocycles. The molecule has 2 rings (SSSR count). The first-order valence-corrected chi connectivity index (χ1v) is 9.26. The summed E-state index contributed by atoms with van der Waals surface area (Å²) in [7, 11) is -3.28. The summed E-state index contributed by atoms with van der Waals surface area (Å²) in [4.78, 5) is 16.7. The molecule has 2 aliphatic rings. The zero-order chi connectivity index (χ0) is 14.8. The van der Waals surface area contributed by atoms with Gasteiger partial charge in [0.2, 0.25) is 15.9 Å². The Labute approximate surface area is 121 Å². The molecule has 2 heterocycles. The van der Waals surface area contributed by atoms with Crippen LogP contribution in [0.5, 0.6) is 0 Å². The molecule has 20 heavy (non-hydrogen) atoms. The third-order valence-electron chi connectivity index (χ3n) is 4.14. The standard InChI is InChI=1S/C13H25N3O3S/c1-3-6-14-8-10-15(11-9-14)13(17)12-5-4-7-16(12)20(2,18)19/h12H,3-11H2,1-2H3/t12-/m1/s1. The maximum Gasteiger partial charge on any atom is 0.241 e. The number of piperazine rings is 1. The molecule has 6 nitrogen and oxygen atoms in total. The fourth-order valence-corrected chi connectivity index (χ4v) is 4.22. The summed E-state index contributed by atoms with van der Waals surface area (Å²) in [5.41, 5.74) is 0. The van der Waals surface area contributed by atoms with Crippen LogP contribution in [0.2, 0.25) is 0 Å². The van der Waals surface area contributed by atoms with Crippen molar-refractivity contribution in [2.75, 3.05) is 45.5 Å². The van der Waals surface area contributed by atoms with Crippen LogP contribution in [-0.4, -0.2) is 80.0 Å². The van der Waals surface area contributed by atoms with Gasteiger partial charge in [-0.3, -0.25) is 9.69 Å². The molecule has 7 heteroatoms. The average Bonchev–Trinajstić information content (AvgIpc) is 2.88. The van der Waals surface area contributed by atoms with E-state index in [4.69, 9.17) is 0 Å². The average molecular weight is 303 g/mol. The predicted octanol–water partition coefficient (Wildman–Crippen LogP) is -0.0354. The first kappa shape index (κ1) is 15.7. The van der Waals surface area contributed by atoms with Crippen molar-refractivity contribution in [1.82, 2.24) is 14.1 Å². The minimum absolute atomic E-state index is 0.0101. The minimum Gasteiger partial charge on any atom is -0.339 e. The molecule has 0 aromatic rings. The lowest BCUT2D eigenvalue weighted by molar-refractivity contribution is -0.136. The summed E-state index contributed by atoms with van der Waals surface area (Å²) in [6.07, 6.45) is 3.75. The molecule has 0 bridgehead atoms. The number of hydrogen-bond acceptors (Lipinski definition) is 4. The van der Waals surface area contributed by atoms with E-state index in [0.29, 0.717) is 26.1 Å². The number of nitrogens with zero attached hydrogens (tertiary/aromatic N) is 3. The van der Waals surface area contributed by atoms with Crippen molar-refractivity contribution in [2.45, 2.75) is 32.2 Å². The van der Waals surface area contributed by atoms with Crippen molar-refractivity contribution >= 4 is 15.9 Å². The molecule has 0 N–H and O–H groups in total. The highest BCUT2D eigenvalue weighted by atomic mass is 32.2. The zero-order valence-corrected chi connectivity index (χ0v) is 13.2. The van der Waals surface area contributed by atoms with E-state index in [1.165, 1.54) is 10.6 Å². The van der Waals surface area contributed by atoms with Gasteiger partial charge in [-0.1, -0.05) is 6.92 Å². The van der Waals surface area contributed by atoms with Crippen LogP contribution in [0.1, 0.15) is 26.2 Å². The number of sulfonamides is 1. The smallest absolute Gasteiger partial charge is 0.241 e. The van der Waals surface area contributed by atoms with Gasteiger partial charge in [-0.15, -0.1) is 0 Å². The molecule has 116 valence electrons. The van der Waals surface area contributed by atoms with Crippen LogP contribution in [0.25, 0.3) is 0 Å². The first-order valence-electron chi connectivity index (χ1n) is 7.41. The summed E-state index contributed by atoms with van der Waals surface area (Å²) in [5, 5.41) is 0. The van der Waals surface area contributed by atoms with E-state index >= 15 is 0 Å². The molecule has 0 radical (unpaired) electrons. The van der Waals surface area contributed by atoms with E-state index in [1.807, 2.05) is 4.90 Å². The van der Waals surface area contributed by atoms with Crippen molar-refractivity contribution in [2.24, 2.45) is 0 Å². The Hall–Kier alpha value is -0.660. The Bertz CT molecular complexity index is 444. The largest absolute Gasteiger partial charge is 0.339 e. The van der Waals surface area contributed by atoms with Gasteiger partial charge in [0.25, 0.3) is 0 Å². The van der Waals surface area contributed by atoms with Crippen molar-refractivity contribution in [3.63, 3.8) is 0 Å². The number of carbonyl (C=O) groups excluding carboxylic acids is 1. The van der Waals surface area contributed by atoms with Gasteiger partial charge in [0.1, 0.15) is 6.04 Å². The fourth-order valence-electron chi connectivity index (χ4n) is 3.10. The monoisotopic (exact) mass is 303 g/mol. The number of hydrogen-bond donors (Lipinski definition) is 0. The Kier molecular flexibility index (Phi) is 5.04. The lowest BCUT2D eigenvalue weighted by Crippen LogP contribution is -2.54. The van der Waals surface area contributed by atoms with Crippen LogP contribution in [0.3, 0.4) is 0 Å². The highest BCUT2D eigenvalue weighted by molar-refractivity contribution is 7.88. The van der Waals surface area contributed by atoms with E-state index in [2.05, 4.69) is 11.8 Å². The van der Waals surface area contributed by atoms with Crippen LogP contribution in [0.15, 0.2) is 0 Å². The van der Waals surface area contributed by atoms with E-state index in [1.54, 1.807) is 0 Å². The van der Waals surface area contributed by atoms with Crippen molar-refractivity contribution in [3.05, 3.63) is 0 Å². The summed E-state index contributed by atoms with van der Waals surface area (Å²) >= 11 is 0. The third-order valence-corrected chi connectivity index (χ3v) is 5.43. The van der Waals surface area contributed by atoms with Gasteiger partial charge in [0.05, 0.1) is 6.26 Å². The van der Waals surface area contributed by atoms with Crippen LogP contribution in [0.4, 0.5) is 0 Å². The van der Waals surface area contributed by atoms with E-state index in [-0.39, 0.29) is 5.91 Å². The molecular formula is C13H25N3O3S. The zero-order valence-electron chi connectivity index (χ0n) is 12.4. The molecule has 2 fully saturated rings. The molecule has 1 amide bonds. The quantitative estimate of drug-likeness (QED) is 0.731. The van der Waals surface area contributed by atoms with Gasteiger partial charge in [-0.25, -0.2) is 8.42 Å². The van der Waals surface area contributed by atoms with Crippen LogP contribution < -0.4 is 0 Å². The summed E-state index contributed by atoms with van der Waals surface area (Å²) in [5.74, 6) is -0.0101. The number of amides is 1. The molecule has 0 saturated carbocycles. The van der Waals surface area contributed by atoms with Crippen LogP contribution in [-0.2, 0) is 14.8 Å². The van der Waals surface area contributed by atoms with Crippen LogP contribution in [0, 0.1) is 0 Å². The van der Waals surface area contributed by atoms with Gasteiger partial charge in [0.15, 0.2) is 0 Å². The Balaban J connectivity index is 1.95. The molecule has 0 aliphatic carbocycles. The highest BCUT2D eigenvalue weighted by Gasteiger charge is 2.39. The number of rotatable bonds is 4. The van der Waals surface area contributed by atoms with Crippen LogP contribution >= 0.6 is 0 Å². The fraction of sp³-hybridized carbons (Fsp3) is 0.923. The minimum atomic E-state index is -3.28. The normalized spacial score (nSPS) is 26.1. The molecule has 0 unspecified atom stereocenters. The molecule has 0 aromatic heterocycles. The second-order valence-electron chi connectivity index (χ2n) is 5.70. The van der Waals surface area contributed by atoms with Crippen molar-refractivity contribution < 1.29 is 13.2 Å². The van der Waals surface area contributed by atoms with Crippen molar-refractivity contribution in [1.29, 1.82) is 0 Å². The Morgan fingerprint density at radius 3 is 2.35 bits per heavy atom. The van der Waals surface area contributed by atoms with Gasteiger partial charge in [0, 0.05) is 32.7 Å². The number of carbonyl (C=O) groups is 1. The summed E-state index contributed by atoms with van der Waals surface area (Å²) < 4.78 is 24.8. The lowest BCUT2D eigenvalue weighted by atomic mass is 10.2. The van der Waals surface area contributed by atoms with E-state index in [0.717, 1.165) is 32.5 Å². The second kappa shape index (κ2) is 6.41. The maximum atomic E-state index is 12.5. The van der Waals surface area contributed by atoms with E-state index < -0.39 is 16.1 Å². The van der Waals surface area contributed by atoms with Gasteiger partial charge in [-0.05, 0) is 25.8 Å². The molecule has 1 atom stereocenters. The second-order valence-corrected chi connectivity index (χ2v) is 7.63. The topological polar surface area (TPSA) is 60.9 Å². The SMILES string of the molecule is CCCN1CCN(C(=O)[C@H]2CCCN2S(C)(=O)=O)CC1. The third kappa shape index (κ3) is 3.51. The predicted molar refractivity (Wildman–Crippen MR) is 77.9 cm³/mol. The van der Waals surface area contributed by atoms with Crippen molar-refractivity contribution in [3.8, 4) is 0 Å². The Morgan fingerprint density at radius 2 is 1.80 bits per heavy atom. The lowest BCUT2D eigenvalue weighted by Gasteiger charge is -2.36. The molecular weight excluding hydrogens is 278 g/mol. The van der Waals surface area contributed by atoms with Gasteiger partial charge in [-0.2, -0.15) is 4.31 Å². The molecule has 0 spiro atoms. The summed E-state index contributed by atoms with van der Waals surface area (Å²) in [6.45, 7) is 6.92. The van der Waals surface area contributed by atoms with E-state index in [9.17, 15) is 13.2 Å². The molecule has 0 aromatic carbocycles. The summed E-state index contributed by atoms with van der Waals surface area (Å²) in [6, 6.07) is -0.470. The highest BCUT2D eigenvalue weighted by Crippen LogP contribution is 2.22. The van der Waals surface area contributed by atoms with Gasteiger partial charge >= 0.3 is 0 Å². The molecule has 2 aliphatic heterocycles. The van der Waals surface area contributed by atoms with Gasteiger partial charge < -0.3 is 4.90 Å². The maximum absolute atomic E-state index is 12.5. The Morgan fingerprint density at radius 1 is 1.15 bits per heavy atom.